The van der Waals surface area contributed by atoms with Crippen LogP contribution in [0.5, 0.6) is 0 Å². The van der Waals surface area contributed by atoms with Crippen molar-refractivity contribution in [2.45, 2.75) is 19.9 Å². The molecule has 1 aromatic carbocycles. The average Bonchev–Trinajstić information content (AvgIpc) is 2.76. The Morgan fingerprint density at radius 2 is 2.17 bits per heavy atom. The van der Waals surface area contributed by atoms with Gasteiger partial charge >= 0.3 is 0 Å². The van der Waals surface area contributed by atoms with Gasteiger partial charge in [0, 0.05) is 14.7 Å². The molecule has 1 atom stereocenters. The van der Waals surface area contributed by atoms with Crippen molar-refractivity contribution in [1.29, 1.82) is 0 Å². The summed E-state index contributed by atoms with van der Waals surface area (Å²) in [6.07, 6.45) is 0. The first-order valence-corrected chi connectivity index (χ1v) is 7.52. The summed E-state index contributed by atoms with van der Waals surface area (Å²) >= 11 is 5.13. The van der Waals surface area contributed by atoms with E-state index in [1.54, 1.807) is 24.3 Å². The number of benzene rings is 1. The molecule has 0 radical (unpaired) electrons. The maximum Gasteiger partial charge on any atom is 0.126 e. The number of hydrogen-bond donors (Lipinski definition) is 1. The molecule has 4 heteroatoms. The highest BCUT2D eigenvalue weighted by Crippen LogP contribution is 2.30. The lowest BCUT2D eigenvalue weighted by Crippen LogP contribution is -2.21. The van der Waals surface area contributed by atoms with Gasteiger partial charge in [0.05, 0.1) is 6.04 Å². The number of nitrogens with one attached hydrogen (secondary N) is 1. The molecule has 0 aliphatic heterocycles. The van der Waals surface area contributed by atoms with Crippen LogP contribution in [-0.4, -0.2) is 6.54 Å². The number of rotatable bonds is 4. The highest BCUT2D eigenvalue weighted by atomic mass is 79.9. The Morgan fingerprint density at radius 3 is 2.72 bits per heavy atom. The van der Waals surface area contributed by atoms with Crippen molar-refractivity contribution in [3.8, 4) is 0 Å². The van der Waals surface area contributed by atoms with Gasteiger partial charge in [-0.05, 0) is 52.7 Å². The van der Waals surface area contributed by atoms with E-state index in [2.05, 4.69) is 34.2 Å². The standard InChI is InChI=1S/C14H15BrFNS/c1-3-17-14(13-7-11(15)8-18-13)10-5-4-9(2)12(16)6-10/h4-8,14,17H,3H2,1-2H3. The van der Waals surface area contributed by atoms with Crippen LogP contribution >= 0.6 is 27.3 Å². The van der Waals surface area contributed by atoms with Crippen LogP contribution in [0.1, 0.15) is 29.0 Å². The average molecular weight is 328 g/mol. The van der Waals surface area contributed by atoms with E-state index in [0.717, 1.165) is 16.6 Å². The van der Waals surface area contributed by atoms with Crippen LogP contribution in [0, 0.1) is 12.7 Å². The molecule has 1 unspecified atom stereocenters. The lowest BCUT2D eigenvalue weighted by molar-refractivity contribution is 0.600. The largest absolute Gasteiger partial charge is 0.306 e. The fourth-order valence-corrected chi connectivity index (χ4v) is 3.40. The van der Waals surface area contributed by atoms with Gasteiger partial charge < -0.3 is 5.32 Å². The van der Waals surface area contributed by atoms with E-state index >= 15 is 0 Å². The zero-order valence-electron chi connectivity index (χ0n) is 10.3. The van der Waals surface area contributed by atoms with Crippen LogP contribution in [0.25, 0.3) is 0 Å². The van der Waals surface area contributed by atoms with Gasteiger partial charge in [-0.25, -0.2) is 4.39 Å². The molecule has 2 rings (SSSR count). The Bertz CT molecular complexity index is 538. The van der Waals surface area contributed by atoms with Crippen LogP contribution in [0.2, 0.25) is 0 Å². The van der Waals surface area contributed by atoms with E-state index in [1.807, 2.05) is 17.5 Å². The second kappa shape index (κ2) is 5.95. The van der Waals surface area contributed by atoms with E-state index in [0.29, 0.717) is 5.56 Å². The summed E-state index contributed by atoms with van der Waals surface area (Å²) in [4.78, 5) is 1.19. The Labute approximate surface area is 119 Å². The third-order valence-corrected chi connectivity index (χ3v) is 4.57. The number of thiophene rings is 1. The first-order chi connectivity index (χ1) is 8.61. The van der Waals surface area contributed by atoms with Crippen molar-refractivity contribution in [2.24, 2.45) is 0 Å². The lowest BCUT2D eigenvalue weighted by atomic mass is 10.0. The Hall–Kier alpha value is -0.710. The summed E-state index contributed by atoms with van der Waals surface area (Å²) in [7, 11) is 0. The minimum atomic E-state index is -0.147. The molecule has 0 saturated carbocycles. The second-order valence-corrected chi connectivity index (χ2v) is 6.03. The first-order valence-electron chi connectivity index (χ1n) is 5.85. The minimum Gasteiger partial charge on any atom is -0.306 e. The summed E-state index contributed by atoms with van der Waals surface area (Å²) in [6.45, 7) is 4.68. The van der Waals surface area contributed by atoms with Gasteiger partial charge in [-0.2, -0.15) is 0 Å². The predicted octanol–water partition coefficient (Wildman–Crippen LogP) is 4.66. The van der Waals surface area contributed by atoms with Crippen LogP contribution < -0.4 is 5.32 Å². The molecule has 96 valence electrons. The quantitative estimate of drug-likeness (QED) is 0.861. The third kappa shape index (κ3) is 2.99. The van der Waals surface area contributed by atoms with Gasteiger partial charge in [0.25, 0.3) is 0 Å². The van der Waals surface area contributed by atoms with Gasteiger partial charge in [-0.15, -0.1) is 11.3 Å². The molecule has 0 aliphatic rings. The molecular formula is C14H15BrFNS. The molecule has 1 heterocycles. The van der Waals surface area contributed by atoms with E-state index in [-0.39, 0.29) is 11.9 Å². The minimum absolute atomic E-state index is 0.0569. The molecule has 1 nitrogen and oxygen atoms in total. The molecule has 0 fully saturated rings. The summed E-state index contributed by atoms with van der Waals surface area (Å²) in [6, 6.07) is 7.57. The summed E-state index contributed by atoms with van der Waals surface area (Å²) in [5.74, 6) is -0.147. The summed E-state index contributed by atoms with van der Waals surface area (Å²) in [5, 5.41) is 5.44. The summed E-state index contributed by atoms with van der Waals surface area (Å²) < 4.78 is 14.7. The molecule has 18 heavy (non-hydrogen) atoms. The SMILES string of the molecule is CCNC(c1ccc(C)c(F)c1)c1cc(Br)cs1. The topological polar surface area (TPSA) is 12.0 Å². The smallest absolute Gasteiger partial charge is 0.126 e. The van der Waals surface area contributed by atoms with Crippen molar-refractivity contribution < 1.29 is 4.39 Å². The maximum absolute atomic E-state index is 13.7. The van der Waals surface area contributed by atoms with Gasteiger partial charge in [0.2, 0.25) is 0 Å². The van der Waals surface area contributed by atoms with Crippen molar-refractivity contribution in [1.82, 2.24) is 5.32 Å². The number of halogens is 2. The molecule has 0 aliphatic carbocycles. The highest BCUT2D eigenvalue weighted by molar-refractivity contribution is 9.10. The lowest BCUT2D eigenvalue weighted by Gasteiger charge is -2.17. The van der Waals surface area contributed by atoms with Crippen molar-refractivity contribution in [3.05, 3.63) is 55.9 Å². The monoisotopic (exact) mass is 327 g/mol. The fourth-order valence-electron chi connectivity index (χ4n) is 1.86. The molecular weight excluding hydrogens is 313 g/mol. The van der Waals surface area contributed by atoms with Crippen LogP contribution in [-0.2, 0) is 0 Å². The Kier molecular flexibility index (Phi) is 4.54. The normalized spacial score (nSPS) is 12.7. The summed E-state index contributed by atoms with van der Waals surface area (Å²) in [5.41, 5.74) is 1.65. The molecule has 1 N–H and O–H groups in total. The predicted molar refractivity (Wildman–Crippen MR) is 78.7 cm³/mol. The third-order valence-electron chi connectivity index (χ3n) is 2.81. The van der Waals surface area contributed by atoms with E-state index < -0.39 is 0 Å². The molecule has 1 aromatic heterocycles. The number of hydrogen-bond acceptors (Lipinski definition) is 2. The van der Waals surface area contributed by atoms with E-state index in [9.17, 15) is 4.39 Å². The van der Waals surface area contributed by atoms with Crippen molar-refractivity contribution in [3.63, 3.8) is 0 Å². The maximum atomic E-state index is 13.7. The molecule has 0 amide bonds. The van der Waals surface area contributed by atoms with E-state index in [4.69, 9.17) is 0 Å². The van der Waals surface area contributed by atoms with Gasteiger partial charge in [0.1, 0.15) is 5.82 Å². The molecule has 2 aromatic rings. The Balaban J connectivity index is 2.37. The zero-order chi connectivity index (χ0) is 13.1. The van der Waals surface area contributed by atoms with E-state index in [1.165, 1.54) is 4.88 Å². The molecule has 0 bridgehead atoms. The van der Waals surface area contributed by atoms with Gasteiger partial charge in [-0.3, -0.25) is 0 Å². The van der Waals surface area contributed by atoms with Crippen molar-refractivity contribution >= 4 is 27.3 Å². The second-order valence-electron chi connectivity index (χ2n) is 4.17. The Morgan fingerprint density at radius 1 is 1.39 bits per heavy atom. The van der Waals surface area contributed by atoms with Crippen LogP contribution in [0.15, 0.2) is 34.1 Å². The van der Waals surface area contributed by atoms with Gasteiger partial charge in [0.15, 0.2) is 0 Å². The molecule has 0 spiro atoms. The van der Waals surface area contributed by atoms with Gasteiger partial charge in [-0.1, -0.05) is 19.1 Å². The molecule has 0 saturated heterocycles. The fraction of sp³-hybridized carbons (Fsp3) is 0.286. The van der Waals surface area contributed by atoms with Crippen molar-refractivity contribution in [2.75, 3.05) is 6.54 Å². The first kappa shape index (κ1) is 13.7. The van der Waals surface area contributed by atoms with Crippen LogP contribution in [0.3, 0.4) is 0 Å². The highest BCUT2D eigenvalue weighted by Gasteiger charge is 2.16. The van der Waals surface area contributed by atoms with Crippen LogP contribution in [0.4, 0.5) is 4.39 Å². The zero-order valence-corrected chi connectivity index (χ0v) is 12.7. The number of aryl methyl sites for hydroxylation is 1.